The van der Waals surface area contributed by atoms with Crippen LogP contribution in [-0.2, 0) is 22.5 Å². The second kappa shape index (κ2) is 9.81. The lowest BCUT2D eigenvalue weighted by Crippen LogP contribution is -2.39. The van der Waals surface area contributed by atoms with Crippen molar-refractivity contribution in [2.75, 3.05) is 36.5 Å². The first kappa shape index (κ1) is 25.1. The van der Waals surface area contributed by atoms with Crippen LogP contribution in [0.2, 0.25) is 5.02 Å². The van der Waals surface area contributed by atoms with Crippen LogP contribution in [0.5, 0.6) is 0 Å². The molecule has 3 aromatic heterocycles. The van der Waals surface area contributed by atoms with Gasteiger partial charge in [0.1, 0.15) is 15.5 Å². The molecule has 0 saturated carbocycles. The number of carbonyl (C=O) groups is 2. The fraction of sp³-hybridized carbons (Fsp3) is 0.321. The van der Waals surface area contributed by atoms with Crippen LogP contribution in [0.1, 0.15) is 50.8 Å². The van der Waals surface area contributed by atoms with Crippen molar-refractivity contribution < 1.29 is 23.5 Å². The number of aromatic nitrogens is 1. The van der Waals surface area contributed by atoms with E-state index in [0.29, 0.717) is 52.2 Å². The SMILES string of the molecule is CC1(C)Cc2c(c(N3CCOCC3)nc3sc(C(=O)c4ccc(Cl)cc4)c(NC(=O)c4ccco4)c23)CO1. The van der Waals surface area contributed by atoms with Crippen molar-refractivity contribution in [3.05, 3.63) is 75.0 Å². The van der Waals surface area contributed by atoms with Crippen molar-refractivity contribution in [2.24, 2.45) is 0 Å². The minimum absolute atomic E-state index is 0.157. The number of fused-ring (bicyclic) bond motifs is 3. The Hall–Kier alpha value is -3.24. The van der Waals surface area contributed by atoms with Gasteiger partial charge in [-0.1, -0.05) is 11.6 Å². The van der Waals surface area contributed by atoms with Crippen LogP contribution in [0.4, 0.5) is 11.5 Å². The smallest absolute Gasteiger partial charge is 0.291 e. The molecule has 0 unspecified atom stereocenters. The summed E-state index contributed by atoms with van der Waals surface area (Å²) in [4.78, 5) is 35.4. The molecule has 2 aliphatic heterocycles. The van der Waals surface area contributed by atoms with E-state index >= 15 is 0 Å². The van der Waals surface area contributed by atoms with Gasteiger partial charge in [0.15, 0.2) is 5.76 Å². The van der Waals surface area contributed by atoms with E-state index in [4.69, 9.17) is 30.5 Å². The van der Waals surface area contributed by atoms with E-state index in [-0.39, 0.29) is 11.5 Å². The Morgan fingerprint density at radius 1 is 1.11 bits per heavy atom. The van der Waals surface area contributed by atoms with Crippen molar-refractivity contribution in [3.8, 4) is 0 Å². The van der Waals surface area contributed by atoms with Crippen LogP contribution in [0.25, 0.3) is 10.2 Å². The number of hydrogen-bond donors (Lipinski definition) is 1. The topological polar surface area (TPSA) is 93.9 Å². The lowest BCUT2D eigenvalue weighted by Gasteiger charge is -2.36. The molecule has 196 valence electrons. The van der Waals surface area contributed by atoms with E-state index in [2.05, 4.69) is 10.2 Å². The zero-order valence-corrected chi connectivity index (χ0v) is 22.6. The predicted octanol–water partition coefficient (Wildman–Crippen LogP) is 5.71. The fourth-order valence-corrected chi connectivity index (χ4v) is 6.19. The van der Waals surface area contributed by atoms with Crippen LogP contribution in [0.3, 0.4) is 0 Å². The second-order valence-electron chi connectivity index (χ2n) is 9.97. The Morgan fingerprint density at radius 2 is 1.87 bits per heavy atom. The quantitative estimate of drug-likeness (QED) is 0.317. The molecule has 0 atom stereocenters. The number of anilines is 2. The number of ether oxygens (including phenoxy) is 2. The summed E-state index contributed by atoms with van der Waals surface area (Å²) in [5.41, 5.74) is 2.51. The number of pyridine rings is 1. The molecule has 1 N–H and O–H groups in total. The largest absolute Gasteiger partial charge is 0.459 e. The first-order valence-corrected chi connectivity index (χ1v) is 13.6. The highest BCUT2D eigenvalue weighted by Gasteiger charge is 2.35. The highest BCUT2D eigenvalue weighted by Crippen LogP contribution is 2.45. The number of nitrogens with one attached hydrogen (secondary N) is 1. The molecule has 1 fully saturated rings. The summed E-state index contributed by atoms with van der Waals surface area (Å²) in [5.74, 6) is 0.358. The molecule has 1 aromatic carbocycles. The van der Waals surface area contributed by atoms with E-state index < -0.39 is 11.5 Å². The summed E-state index contributed by atoms with van der Waals surface area (Å²) in [5, 5.41) is 4.30. The van der Waals surface area contributed by atoms with Gasteiger partial charge in [-0.25, -0.2) is 4.98 Å². The number of nitrogens with zero attached hydrogens (tertiary/aromatic N) is 2. The molecule has 5 heterocycles. The lowest BCUT2D eigenvalue weighted by atomic mass is 9.89. The first-order valence-electron chi connectivity index (χ1n) is 12.4. The Balaban J connectivity index is 1.57. The fourth-order valence-electron chi connectivity index (χ4n) is 4.95. The number of hydrogen-bond acceptors (Lipinski definition) is 8. The summed E-state index contributed by atoms with van der Waals surface area (Å²) in [6.45, 7) is 7.16. The van der Waals surface area contributed by atoms with Crippen LogP contribution in [0, 0.1) is 0 Å². The molecule has 38 heavy (non-hydrogen) atoms. The normalized spacial score (nSPS) is 16.9. The second-order valence-corrected chi connectivity index (χ2v) is 11.4. The Kier molecular flexibility index (Phi) is 6.47. The number of thiophene rings is 1. The molecule has 2 aliphatic rings. The Morgan fingerprint density at radius 3 is 2.58 bits per heavy atom. The van der Waals surface area contributed by atoms with E-state index in [9.17, 15) is 9.59 Å². The maximum atomic E-state index is 13.8. The van der Waals surface area contributed by atoms with Gasteiger partial charge in [0.05, 0.1) is 37.4 Å². The number of rotatable bonds is 5. The average Bonchev–Trinajstić information content (AvgIpc) is 3.57. The van der Waals surface area contributed by atoms with Gasteiger partial charge in [0, 0.05) is 41.0 Å². The average molecular weight is 552 g/mol. The van der Waals surface area contributed by atoms with Crippen molar-refractivity contribution in [3.63, 3.8) is 0 Å². The molecule has 0 radical (unpaired) electrons. The van der Waals surface area contributed by atoms with E-state index in [1.165, 1.54) is 17.6 Å². The number of benzene rings is 1. The van der Waals surface area contributed by atoms with Gasteiger partial charge in [0.25, 0.3) is 5.91 Å². The van der Waals surface area contributed by atoms with Crippen molar-refractivity contribution >= 4 is 56.4 Å². The predicted molar refractivity (Wildman–Crippen MR) is 147 cm³/mol. The van der Waals surface area contributed by atoms with Gasteiger partial charge in [0.2, 0.25) is 5.78 Å². The van der Waals surface area contributed by atoms with Gasteiger partial charge in [-0.3, -0.25) is 9.59 Å². The highest BCUT2D eigenvalue weighted by atomic mass is 35.5. The van der Waals surface area contributed by atoms with Crippen LogP contribution in [0.15, 0.2) is 47.1 Å². The summed E-state index contributed by atoms with van der Waals surface area (Å²) in [6.07, 6.45) is 2.05. The number of carbonyl (C=O) groups excluding carboxylic acids is 2. The van der Waals surface area contributed by atoms with Crippen LogP contribution < -0.4 is 10.2 Å². The molecule has 0 spiro atoms. The zero-order valence-electron chi connectivity index (χ0n) is 21.0. The van der Waals surface area contributed by atoms with Crippen LogP contribution >= 0.6 is 22.9 Å². The third-order valence-corrected chi connectivity index (χ3v) is 8.18. The molecule has 4 aromatic rings. The van der Waals surface area contributed by atoms with Crippen molar-refractivity contribution in [1.29, 1.82) is 0 Å². The highest BCUT2D eigenvalue weighted by molar-refractivity contribution is 7.21. The molecule has 0 bridgehead atoms. The van der Waals surface area contributed by atoms with E-state index in [1.54, 1.807) is 36.4 Å². The standard InChI is InChI=1S/C28H26ClN3O5S/c1-28(2)14-18-19(15-37-28)25(32-9-12-35-13-10-32)31-27-21(18)22(30-26(34)20-4-3-11-36-20)24(38-27)23(33)16-5-7-17(29)8-6-16/h3-8,11H,9-10,12-15H2,1-2H3,(H,30,34). The summed E-state index contributed by atoms with van der Waals surface area (Å²) in [6, 6.07) is 9.97. The van der Waals surface area contributed by atoms with Crippen LogP contribution in [-0.4, -0.2) is 48.6 Å². The van der Waals surface area contributed by atoms with Gasteiger partial charge >= 0.3 is 0 Å². The minimum atomic E-state index is -0.433. The number of amides is 1. The van der Waals surface area contributed by atoms with Gasteiger partial charge in [-0.2, -0.15) is 0 Å². The third-order valence-electron chi connectivity index (χ3n) is 6.85. The summed E-state index contributed by atoms with van der Waals surface area (Å²) < 4.78 is 17.1. The van der Waals surface area contributed by atoms with Crippen molar-refractivity contribution in [1.82, 2.24) is 4.98 Å². The molecule has 1 amide bonds. The number of ketones is 1. The summed E-state index contributed by atoms with van der Waals surface area (Å²) >= 11 is 7.35. The lowest BCUT2D eigenvalue weighted by molar-refractivity contribution is -0.0396. The molecular formula is C28H26ClN3O5S. The molecule has 10 heteroatoms. The Labute approximate surface area is 228 Å². The molecule has 1 saturated heterocycles. The van der Waals surface area contributed by atoms with Gasteiger partial charge in [-0.05, 0) is 55.8 Å². The van der Waals surface area contributed by atoms with E-state index in [0.717, 1.165) is 35.4 Å². The van der Waals surface area contributed by atoms with Gasteiger partial charge in [-0.15, -0.1) is 11.3 Å². The first-order chi connectivity index (χ1) is 18.3. The zero-order chi connectivity index (χ0) is 26.4. The van der Waals surface area contributed by atoms with E-state index in [1.807, 2.05) is 13.8 Å². The maximum absolute atomic E-state index is 13.8. The van der Waals surface area contributed by atoms with Gasteiger partial charge < -0.3 is 24.1 Å². The number of furan rings is 1. The Bertz CT molecular complexity index is 1520. The number of halogens is 1. The number of morpholine rings is 1. The van der Waals surface area contributed by atoms with Crippen molar-refractivity contribution in [2.45, 2.75) is 32.5 Å². The monoisotopic (exact) mass is 551 g/mol. The molecule has 6 rings (SSSR count). The molecule has 0 aliphatic carbocycles. The molecular weight excluding hydrogens is 526 g/mol. The maximum Gasteiger partial charge on any atom is 0.291 e. The summed E-state index contributed by atoms with van der Waals surface area (Å²) in [7, 11) is 0. The molecule has 8 nitrogen and oxygen atoms in total. The third kappa shape index (κ3) is 4.60. The minimum Gasteiger partial charge on any atom is -0.459 e.